The molecule has 3 amide bonds. The Kier molecular flexibility index (Phi) is 5.22. The first-order valence-electron chi connectivity index (χ1n) is 10.2. The minimum Gasteiger partial charge on any atom is -0.365 e. The summed E-state index contributed by atoms with van der Waals surface area (Å²) in [6.07, 6.45) is 4.52. The Labute approximate surface area is 193 Å². The molecule has 3 N–H and O–H groups in total. The highest BCUT2D eigenvalue weighted by Gasteiger charge is 2.32. The van der Waals surface area contributed by atoms with Gasteiger partial charge in [0.05, 0.1) is 45.8 Å². The van der Waals surface area contributed by atoms with Crippen molar-refractivity contribution in [1.82, 2.24) is 19.7 Å². The molecule has 5 rings (SSSR count). The van der Waals surface area contributed by atoms with Crippen LogP contribution in [0.3, 0.4) is 0 Å². The summed E-state index contributed by atoms with van der Waals surface area (Å²) in [5.74, 6) is -0.671. The Hall–Kier alpha value is -3.17. The molecule has 8 nitrogen and oxygen atoms in total. The van der Waals surface area contributed by atoms with Gasteiger partial charge in [0.1, 0.15) is 0 Å². The number of benzene rings is 1. The number of hydrogen-bond acceptors (Lipinski definition) is 5. The number of aromatic nitrogens is 3. The average molecular weight is 469 g/mol. The second-order valence-corrected chi connectivity index (χ2v) is 9.28. The van der Waals surface area contributed by atoms with Crippen molar-refractivity contribution in [3.05, 3.63) is 63.4 Å². The van der Waals surface area contributed by atoms with E-state index in [0.29, 0.717) is 42.1 Å². The number of allylic oxidation sites excluding steroid dienone is 4. The number of carbonyl (C=O) groups is 2. The van der Waals surface area contributed by atoms with Crippen LogP contribution in [0.2, 0.25) is 0 Å². The summed E-state index contributed by atoms with van der Waals surface area (Å²) in [7, 11) is 0. The number of anilines is 1. The van der Waals surface area contributed by atoms with E-state index >= 15 is 0 Å². The van der Waals surface area contributed by atoms with Crippen LogP contribution in [-0.4, -0.2) is 38.1 Å². The van der Waals surface area contributed by atoms with Gasteiger partial charge in [-0.3, -0.25) is 9.48 Å². The first-order chi connectivity index (χ1) is 15.4. The Morgan fingerprint density at radius 3 is 2.94 bits per heavy atom. The van der Waals surface area contributed by atoms with Gasteiger partial charge in [0.25, 0.3) is 5.91 Å². The fourth-order valence-corrected chi connectivity index (χ4v) is 5.08. The third-order valence-corrected chi connectivity index (χ3v) is 7.12. The van der Waals surface area contributed by atoms with Gasteiger partial charge in [-0.1, -0.05) is 23.8 Å². The molecule has 32 heavy (non-hydrogen) atoms. The molecule has 2 aromatic heterocycles. The van der Waals surface area contributed by atoms with Crippen LogP contribution in [0.5, 0.6) is 0 Å². The number of thiazole rings is 1. The molecule has 1 aliphatic carbocycles. The van der Waals surface area contributed by atoms with Gasteiger partial charge in [-0.25, -0.2) is 9.78 Å². The van der Waals surface area contributed by atoms with Gasteiger partial charge in [0, 0.05) is 23.2 Å². The highest BCUT2D eigenvalue weighted by atomic mass is 35.5. The summed E-state index contributed by atoms with van der Waals surface area (Å²) in [4.78, 5) is 31.2. The lowest BCUT2D eigenvalue weighted by Gasteiger charge is -2.28. The molecule has 0 saturated carbocycles. The quantitative estimate of drug-likeness (QED) is 0.600. The Morgan fingerprint density at radius 1 is 1.31 bits per heavy atom. The fourth-order valence-electron chi connectivity index (χ4n) is 4.14. The molecular weight excluding hydrogens is 448 g/mol. The van der Waals surface area contributed by atoms with Crippen molar-refractivity contribution in [3.63, 3.8) is 0 Å². The van der Waals surface area contributed by atoms with E-state index in [2.05, 4.69) is 15.4 Å². The van der Waals surface area contributed by atoms with Crippen LogP contribution in [0.1, 0.15) is 41.0 Å². The second-order valence-electron chi connectivity index (χ2n) is 7.94. The predicted molar refractivity (Wildman–Crippen MR) is 125 cm³/mol. The van der Waals surface area contributed by atoms with Crippen LogP contribution in [0.4, 0.5) is 10.5 Å². The van der Waals surface area contributed by atoms with E-state index < -0.39 is 5.91 Å². The van der Waals surface area contributed by atoms with Crippen LogP contribution >= 0.6 is 22.9 Å². The number of hydrogen-bond donors (Lipinski definition) is 2. The van der Waals surface area contributed by atoms with Crippen LogP contribution in [-0.2, 0) is 13.1 Å². The summed E-state index contributed by atoms with van der Waals surface area (Å²) in [5.41, 5.74) is 11.8. The first-order valence-corrected chi connectivity index (χ1v) is 11.5. The minimum atomic E-state index is -0.546. The van der Waals surface area contributed by atoms with Crippen LogP contribution in [0.25, 0.3) is 10.2 Å². The summed E-state index contributed by atoms with van der Waals surface area (Å²) in [6.45, 7) is 3.15. The lowest BCUT2D eigenvalue weighted by atomic mass is 9.91. The molecule has 1 atom stereocenters. The SMILES string of the molecule is CC1=C(Cl)CC(c2nn3c(c2C(N)=O)CN(C(=O)Nc2ccc4ncsc4c2)CC3)C=C1. The molecule has 0 spiro atoms. The van der Waals surface area contributed by atoms with Crippen molar-refractivity contribution in [2.45, 2.75) is 32.4 Å². The Balaban J connectivity index is 1.39. The molecule has 3 aromatic rings. The maximum Gasteiger partial charge on any atom is 0.322 e. The maximum atomic E-state index is 12.9. The zero-order valence-electron chi connectivity index (χ0n) is 17.3. The number of amides is 3. The van der Waals surface area contributed by atoms with E-state index in [-0.39, 0.29) is 18.5 Å². The summed E-state index contributed by atoms with van der Waals surface area (Å²) in [5, 5.41) is 8.37. The predicted octanol–water partition coefficient (Wildman–Crippen LogP) is 4.20. The second kappa shape index (κ2) is 8.07. The molecule has 2 aliphatic rings. The van der Waals surface area contributed by atoms with Crippen molar-refractivity contribution in [2.75, 3.05) is 11.9 Å². The van der Waals surface area contributed by atoms with E-state index in [9.17, 15) is 9.59 Å². The molecule has 10 heteroatoms. The van der Waals surface area contributed by atoms with Crippen LogP contribution in [0.15, 0.2) is 46.5 Å². The zero-order chi connectivity index (χ0) is 22.4. The molecule has 3 heterocycles. The Bertz CT molecular complexity index is 1310. The molecule has 1 aliphatic heterocycles. The van der Waals surface area contributed by atoms with Crippen LogP contribution in [0, 0.1) is 0 Å². The largest absolute Gasteiger partial charge is 0.365 e. The number of carbonyl (C=O) groups excluding carboxylic acids is 2. The van der Waals surface area contributed by atoms with E-state index in [4.69, 9.17) is 17.3 Å². The lowest BCUT2D eigenvalue weighted by Crippen LogP contribution is -2.41. The number of nitrogens with one attached hydrogen (secondary N) is 1. The zero-order valence-corrected chi connectivity index (χ0v) is 18.9. The van der Waals surface area contributed by atoms with Crippen molar-refractivity contribution >= 4 is 50.8 Å². The minimum absolute atomic E-state index is 0.125. The molecule has 0 saturated heterocycles. The standard InChI is InChI=1S/C22H21ClN6O2S/c1-12-2-3-13(8-15(12)23)20-19(21(24)30)17-10-28(6-7-29(17)27-20)22(31)26-14-4-5-16-18(9-14)32-11-25-16/h2-5,9,11,13H,6-8,10H2,1H3,(H2,24,30)(H,26,31). The number of primary amides is 1. The maximum absolute atomic E-state index is 12.9. The van der Waals surface area contributed by atoms with Gasteiger partial charge >= 0.3 is 6.03 Å². The van der Waals surface area contributed by atoms with E-state index in [1.807, 2.05) is 37.3 Å². The van der Waals surface area contributed by atoms with Crippen LogP contribution < -0.4 is 11.1 Å². The van der Waals surface area contributed by atoms with Gasteiger partial charge in [-0.05, 0) is 37.1 Å². The van der Waals surface area contributed by atoms with Crippen molar-refractivity contribution in [2.24, 2.45) is 5.73 Å². The van der Waals surface area contributed by atoms with Gasteiger partial charge in [-0.2, -0.15) is 5.10 Å². The first kappa shape index (κ1) is 20.7. The molecule has 0 bridgehead atoms. The lowest BCUT2D eigenvalue weighted by molar-refractivity contribution is 0.0996. The number of nitrogens with zero attached hydrogens (tertiary/aromatic N) is 4. The van der Waals surface area contributed by atoms with Gasteiger partial charge in [0.15, 0.2) is 0 Å². The molecule has 0 radical (unpaired) electrons. The highest BCUT2D eigenvalue weighted by molar-refractivity contribution is 7.16. The normalized spacial score (nSPS) is 18.2. The van der Waals surface area contributed by atoms with Gasteiger partial charge in [-0.15, -0.1) is 11.3 Å². The fraction of sp³-hybridized carbons (Fsp3) is 0.273. The number of fused-ring (bicyclic) bond motifs is 2. The number of halogens is 1. The molecule has 0 fully saturated rings. The smallest absolute Gasteiger partial charge is 0.322 e. The van der Waals surface area contributed by atoms with Gasteiger partial charge < -0.3 is 16.0 Å². The third kappa shape index (κ3) is 3.67. The van der Waals surface area contributed by atoms with E-state index in [0.717, 1.165) is 20.8 Å². The van der Waals surface area contributed by atoms with Gasteiger partial charge in [0.2, 0.25) is 0 Å². The van der Waals surface area contributed by atoms with E-state index in [1.54, 1.807) is 15.1 Å². The summed E-state index contributed by atoms with van der Waals surface area (Å²) in [6, 6.07) is 5.37. The topological polar surface area (TPSA) is 106 Å². The number of nitrogens with two attached hydrogens (primary N) is 1. The monoisotopic (exact) mass is 468 g/mol. The molecular formula is C22H21ClN6O2S. The van der Waals surface area contributed by atoms with Crippen molar-refractivity contribution in [3.8, 4) is 0 Å². The van der Waals surface area contributed by atoms with E-state index in [1.165, 1.54) is 11.3 Å². The summed E-state index contributed by atoms with van der Waals surface area (Å²) < 4.78 is 2.79. The molecule has 1 unspecified atom stereocenters. The molecule has 164 valence electrons. The third-order valence-electron chi connectivity index (χ3n) is 5.88. The highest BCUT2D eigenvalue weighted by Crippen LogP contribution is 2.36. The summed E-state index contributed by atoms with van der Waals surface area (Å²) >= 11 is 7.87. The van der Waals surface area contributed by atoms with Crippen molar-refractivity contribution < 1.29 is 9.59 Å². The number of rotatable bonds is 3. The number of urea groups is 1. The average Bonchev–Trinajstić information content (AvgIpc) is 3.39. The van der Waals surface area contributed by atoms with Crippen molar-refractivity contribution in [1.29, 1.82) is 0 Å². The Morgan fingerprint density at radius 2 is 2.16 bits per heavy atom. The molecule has 1 aromatic carbocycles.